The van der Waals surface area contributed by atoms with Crippen molar-refractivity contribution in [2.24, 2.45) is 0 Å². The highest BCUT2D eigenvalue weighted by Gasteiger charge is 2.21. The Balaban J connectivity index is 1.76. The molecule has 7 heteroatoms. The van der Waals surface area contributed by atoms with Crippen LogP contribution in [0, 0.1) is 5.82 Å². The van der Waals surface area contributed by atoms with Crippen LogP contribution in [-0.4, -0.2) is 38.4 Å². The molecule has 0 radical (unpaired) electrons. The van der Waals surface area contributed by atoms with Crippen LogP contribution < -0.4 is 5.56 Å². The van der Waals surface area contributed by atoms with E-state index in [1.165, 1.54) is 18.2 Å². The number of imidazole rings is 1. The third-order valence-corrected chi connectivity index (χ3v) is 4.78. The van der Waals surface area contributed by atoms with Gasteiger partial charge in [-0.3, -0.25) is 9.59 Å². The summed E-state index contributed by atoms with van der Waals surface area (Å²) in [5, 5.41) is 0. The van der Waals surface area contributed by atoms with E-state index in [1.54, 1.807) is 35.3 Å². The number of carbonyl (C=O) groups is 1. The fraction of sp³-hybridized carbons (Fsp3) is 0.250. The zero-order valence-electron chi connectivity index (χ0n) is 14.7. The van der Waals surface area contributed by atoms with E-state index in [0.717, 1.165) is 37.1 Å². The molecule has 3 aromatic rings. The zero-order chi connectivity index (χ0) is 18.8. The Morgan fingerprint density at radius 3 is 2.44 bits per heavy atom. The standard InChI is InChI=1S/C20H19FN4O2/c21-16-6-3-14(4-7-16)19-20(15-5-8-17(26)22-11-15)25(13-23-19)12-18(27)24-9-1-2-10-24/h3-8,11,13H,1-2,9-10,12H2,(H,22,26). The number of benzene rings is 1. The third-order valence-electron chi connectivity index (χ3n) is 4.78. The Hall–Kier alpha value is -3.22. The summed E-state index contributed by atoms with van der Waals surface area (Å²) in [4.78, 5) is 33.0. The van der Waals surface area contributed by atoms with Gasteiger partial charge in [0.05, 0.1) is 17.7 Å². The van der Waals surface area contributed by atoms with Crippen molar-refractivity contribution in [2.75, 3.05) is 13.1 Å². The molecule has 138 valence electrons. The average molecular weight is 366 g/mol. The summed E-state index contributed by atoms with van der Waals surface area (Å²) >= 11 is 0. The first kappa shape index (κ1) is 17.2. The van der Waals surface area contributed by atoms with Crippen molar-refractivity contribution in [3.63, 3.8) is 0 Å². The molecular formula is C20H19FN4O2. The van der Waals surface area contributed by atoms with Gasteiger partial charge < -0.3 is 14.5 Å². The van der Waals surface area contributed by atoms with Crippen LogP contribution in [0.1, 0.15) is 12.8 Å². The summed E-state index contributed by atoms with van der Waals surface area (Å²) in [6.45, 7) is 1.74. The number of carbonyl (C=O) groups excluding carboxylic acids is 1. The lowest BCUT2D eigenvalue weighted by Crippen LogP contribution is -2.31. The molecule has 1 amide bonds. The molecule has 1 aliphatic rings. The monoisotopic (exact) mass is 366 g/mol. The molecular weight excluding hydrogens is 347 g/mol. The molecule has 2 aromatic heterocycles. The Bertz CT molecular complexity index is 997. The van der Waals surface area contributed by atoms with Crippen molar-refractivity contribution < 1.29 is 9.18 Å². The second-order valence-electron chi connectivity index (χ2n) is 6.61. The Morgan fingerprint density at radius 2 is 1.78 bits per heavy atom. The molecule has 3 heterocycles. The maximum atomic E-state index is 13.3. The number of nitrogens with zero attached hydrogens (tertiary/aromatic N) is 3. The number of halogens is 1. The number of rotatable bonds is 4. The molecule has 6 nitrogen and oxygen atoms in total. The van der Waals surface area contributed by atoms with Crippen molar-refractivity contribution in [3.8, 4) is 22.5 Å². The summed E-state index contributed by atoms with van der Waals surface area (Å²) in [5.74, 6) is -0.283. The predicted octanol–water partition coefficient (Wildman–Crippen LogP) is 2.67. The van der Waals surface area contributed by atoms with E-state index in [1.807, 2.05) is 4.90 Å². The number of hydrogen-bond acceptors (Lipinski definition) is 3. The van der Waals surface area contributed by atoms with Crippen LogP contribution in [-0.2, 0) is 11.3 Å². The van der Waals surface area contributed by atoms with E-state index in [9.17, 15) is 14.0 Å². The second kappa shape index (κ2) is 7.19. The normalized spacial score (nSPS) is 13.9. The summed E-state index contributed by atoms with van der Waals surface area (Å²) in [6, 6.07) is 9.18. The Kier molecular flexibility index (Phi) is 4.58. The molecule has 1 aliphatic heterocycles. The lowest BCUT2D eigenvalue weighted by atomic mass is 10.1. The number of H-pyrrole nitrogens is 1. The molecule has 0 aliphatic carbocycles. The van der Waals surface area contributed by atoms with Crippen LogP contribution in [0.15, 0.2) is 53.7 Å². The molecule has 1 aromatic carbocycles. The Labute approximate surface area is 155 Å². The number of likely N-dealkylation sites (tertiary alicyclic amines) is 1. The number of aromatic amines is 1. The summed E-state index contributed by atoms with van der Waals surface area (Å²) in [6.07, 6.45) is 5.28. The van der Waals surface area contributed by atoms with E-state index in [2.05, 4.69) is 9.97 Å². The third kappa shape index (κ3) is 3.53. The average Bonchev–Trinajstić information content (AvgIpc) is 3.33. The van der Waals surface area contributed by atoms with Crippen LogP contribution >= 0.6 is 0 Å². The van der Waals surface area contributed by atoms with E-state index in [0.29, 0.717) is 11.4 Å². The maximum Gasteiger partial charge on any atom is 0.247 e. The quantitative estimate of drug-likeness (QED) is 0.772. The number of pyridine rings is 1. The number of aromatic nitrogens is 3. The Morgan fingerprint density at radius 1 is 1.07 bits per heavy atom. The smallest absolute Gasteiger partial charge is 0.247 e. The van der Waals surface area contributed by atoms with Gasteiger partial charge in [-0.2, -0.15) is 0 Å². The van der Waals surface area contributed by atoms with Crippen molar-refractivity contribution in [3.05, 3.63) is 65.1 Å². The molecule has 1 fully saturated rings. The topological polar surface area (TPSA) is 71.0 Å². The van der Waals surface area contributed by atoms with E-state index in [4.69, 9.17) is 0 Å². The van der Waals surface area contributed by atoms with Crippen LogP contribution in [0.4, 0.5) is 4.39 Å². The zero-order valence-corrected chi connectivity index (χ0v) is 14.7. The summed E-state index contributed by atoms with van der Waals surface area (Å²) in [7, 11) is 0. The van der Waals surface area contributed by atoms with Gasteiger partial charge in [0.15, 0.2) is 0 Å². The van der Waals surface area contributed by atoms with Crippen molar-refractivity contribution in [1.29, 1.82) is 0 Å². The first-order chi connectivity index (χ1) is 13.1. The van der Waals surface area contributed by atoms with E-state index >= 15 is 0 Å². The summed E-state index contributed by atoms with van der Waals surface area (Å²) in [5.41, 5.74) is 2.62. The number of nitrogens with one attached hydrogen (secondary N) is 1. The highest BCUT2D eigenvalue weighted by atomic mass is 19.1. The van der Waals surface area contributed by atoms with Gasteiger partial charge in [-0.1, -0.05) is 0 Å². The summed E-state index contributed by atoms with van der Waals surface area (Å²) < 4.78 is 15.1. The van der Waals surface area contributed by atoms with Crippen LogP contribution in [0.25, 0.3) is 22.5 Å². The van der Waals surface area contributed by atoms with Crippen molar-refractivity contribution in [1.82, 2.24) is 19.4 Å². The molecule has 1 N–H and O–H groups in total. The molecule has 0 unspecified atom stereocenters. The molecule has 0 bridgehead atoms. The fourth-order valence-electron chi connectivity index (χ4n) is 3.39. The fourth-order valence-corrected chi connectivity index (χ4v) is 3.39. The lowest BCUT2D eigenvalue weighted by Gasteiger charge is -2.17. The van der Waals surface area contributed by atoms with Crippen molar-refractivity contribution in [2.45, 2.75) is 19.4 Å². The van der Waals surface area contributed by atoms with Gasteiger partial charge in [-0.15, -0.1) is 0 Å². The minimum Gasteiger partial charge on any atom is -0.341 e. The van der Waals surface area contributed by atoms with Gasteiger partial charge in [0.1, 0.15) is 12.4 Å². The van der Waals surface area contributed by atoms with Gasteiger partial charge in [0.25, 0.3) is 0 Å². The highest BCUT2D eigenvalue weighted by Crippen LogP contribution is 2.31. The van der Waals surface area contributed by atoms with E-state index in [-0.39, 0.29) is 23.8 Å². The number of hydrogen-bond donors (Lipinski definition) is 1. The molecule has 4 rings (SSSR count). The SMILES string of the molecule is O=C(Cn1cnc(-c2ccc(F)cc2)c1-c1ccc(=O)[nH]c1)N1CCCC1. The van der Waals surface area contributed by atoms with Gasteiger partial charge in [-0.05, 0) is 43.2 Å². The molecule has 1 saturated heterocycles. The number of amides is 1. The van der Waals surface area contributed by atoms with Crippen LogP contribution in [0.2, 0.25) is 0 Å². The van der Waals surface area contributed by atoms with Crippen molar-refractivity contribution >= 4 is 5.91 Å². The minimum absolute atomic E-state index is 0.0428. The molecule has 27 heavy (non-hydrogen) atoms. The molecule has 0 spiro atoms. The van der Waals surface area contributed by atoms with Gasteiger partial charge in [0, 0.05) is 36.5 Å². The van der Waals surface area contributed by atoms with Crippen LogP contribution in [0.3, 0.4) is 0 Å². The van der Waals surface area contributed by atoms with E-state index < -0.39 is 0 Å². The first-order valence-corrected chi connectivity index (χ1v) is 8.90. The second-order valence-corrected chi connectivity index (χ2v) is 6.61. The lowest BCUT2D eigenvalue weighted by molar-refractivity contribution is -0.130. The van der Waals surface area contributed by atoms with Gasteiger partial charge in [-0.25, -0.2) is 9.37 Å². The molecule has 0 saturated carbocycles. The first-order valence-electron chi connectivity index (χ1n) is 8.90. The molecule has 0 atom stereocenters. The predicted molar refractivity (Wildman–Crippen MR) is 99.5 cm³/mol. The maximum absolute atomic E-state index is 13.3. The highest BCUT2D eigenvalue weighted by molar-refractivity contribution is 5.81. The minimum atomic E-state index is -0.326. The largest absolute Gasteiger partial charge is 0.341 e. The van der Waals surface area contributed by atoms with Gasteiger partial charge >= 0.3 is 0 Å². The van der Waals surface area contributed by atoms with Gasteiger partial charge in [0.2, 0.25) is 11.5 Å². The van der Waals surface area contributed by atoms with Crippen LogP contribution in [0.5, 0.6) is 0 Å².